The molecule has 14 heavy (non-hydrogen) atoms. The maximum atomic E-state index is 4.32. The molecular formula is C9H14N4S. The Morgan fingerprint density at radius 3 is 3.21 bits per heavy atom. The number of nitrogens with one attached hydrogen (secondary N) is 1. The molecule has 5 heteroatoms. The highest BCUT2D eigenvalue weighted by Gasteiger charge is 2.06. The van der Waals surface area contributed by atoms with Gasteiger partial charge in [0, 0.05) is 38.2 Å². The molecule has 1 aliphatic heterocycles. The fourth-order valence-corrected chi connectivity index (χ4v) is 2.12. The number of hydrogen-bond acceptors (Lipinski definition) is 4. The lowest BCUT2D eigenvalue weighted by Gasteiger charge is -2.04. The molecular weight excluding hydrogens is 196 g/mol. The Bertz CT molecular complexity index is 331. The summed E-state index contributed by atoms with van der Waals surface area (Å²) < 4.78 is 2.05. The summed E-state index contributed by atoms with van der Waals surface area (Å²) in [5.41, 5.74) is 0. The van der Waals surface area contributed by atoms with Gasteiger partial charge in [0.05, 0.1) is 6.54 Å². The van der Waals surface area contributed by atoms with Gasteiger partial charge in [0.2, 0.25) is 0 Å². The molecule has 76 valence electrons. The van der Waals surface area contributed by atoms with Gasteiger partial charge in [0.25, 0.3) is 0 Å². The van der Waals surface area contributed by atoms with Crippen molar-refractivity contribution in [2.75, 3.05) is 18.8 Å². The molecule has 4 nitrogen and oxygen atoms in total. The summed E-state index contributed by atoms with van der Waals surface area (Å²) in [6.07, 6.45) is 4.75. The van der Waals surface area contributed by atoms with Crippen molar-refractivity contribution in [2.45, 2.75) is 6.42 Å². The molecule has 0 unspecified atom stereocenters. The molecule has 0 spiro atoms. The van der Waals surface area contributed by atoms with Gasteiger partial charge in [-0.1, -0.05) is 11.8 Å². The van der Waals surface area contributed by atoms with Crippen LogP contribution < -0.4 is 5.32 Å². The fraction of sp³-hybridized carbons (Fsp3) is 0.556. The van der Waals surface area contributed by atoms with E-state index in [9.17, 15) is 0 Å². The Kier molecular flexibility index (Phi) is 3.08. The van der Waals surface area contributed by atoms with Gasteiger partial charge in [-0.25, -0.2) is 4.98 Å². The lowest BCUT2D eigenvalue weighted by atomic mass is 10.4. The van der Waals surface area contributed by atoms with E-state index in [1.807, 2.05) is 24.0 Å². The van der Waals surface area contributed by atoms with Crippen LogP contribution in [-0.4, -0.2) is 33.6 Å². The number of rotatable bonds is 3. The standard InChI is InChI=1S/C9H14N4S/c1-13-6-4-10-8(13)2-3-11-9-12-5-7-14-9/h4,6H,2-3,5,7H2,1H3,(H,11,12). The van der Waals surface area contributed by atoms with Crippen molar-refractivity contribution in [3.63, 3.8) is 0 Å². The summed E-state index contributed by atoms with van der Waals surface area (Å²) in [7, 11) is 2.02. The zero-order valence-electron chi connectivity index (χ0n) is 8.23. The Morgan fingerprint density at radius 1 is 1.64 bits per heavy atom. The normalized spacial score (nSPS) is 15.6. The largest absolute Gasteiger partial charge is 0.364 e. The molecule has 0 amide bonds. The molecule has 2 heterocycles. The first-order chi connectivity index (χ1) is 6.86. The lowest BCUT2D eigenvalue weighted by molar-refractivity contribution is 0.751. The highest BCUT2D eigenvalue weighted by molar-refractivity contribution is 8.14. The summed E-state index contributed by atoms with van der Waals surface area (Å²) in [5.74, 6) is 2.23. The van der Waals surface area contributed by atoms with Gasteiger partial charge in [-0.3, -0.25) is 4.99 Å². The van der Waals surface area contributed by atoms with Gasteiger partial charge in [-0.2, -0.15) is 0 Å². The maximum Gasteiger partial charge on any atom is 0.156 e. The Labute approximate surface area is 87.8 Å². The highest BCUT2D eigenvalue weighted by atomic mass is 32.2. The van der Waals surface area contributed by atoms with Crippen molar-refractivity contribution in [3.05, 3.63) is 18.2 Å². The van der Waals surface area contributed by atoms with Crippen LogP contribution in [0.15, 0.2) is 17.4 Å². The van der Waals surface area contributed by atoms with Crippen molar-refractivity contribution < 1.29 is 0 Å². The second kappa shape index (κ2) is 4.50. The first-order valence-electron chi connectivity index (χ1n) is 4.73. The van der Waals surface area contributed by atoms with E-state index < -0.39 is 0 Å². The Balaban J connectivity index is 1.75. The average molecular weight is 210 g/mol. The number of hydrogen-bond donors (Lipinski definition) is 1. The lowest BCUT2D eigenvalue weighted by Crippen LogP contribution is -2.22. The van der Waals surface area contributed by atoms with Crippen LogP contribution in [0, 0.1) is 0 Å². The number of imidazole rings is 1. The van der Waals surface area contributed by atoms with Crippen LogP contribution in [0.3, 0.4) is 0 Å². The van der Waals surface area contributed by atoms with Crippen molar-refractivity contribution >= 4 is 16.9 Å². The van der Waals surface area contributed by atoms with Gasteiger partial charge < -0.3 is 9.88 Å². The third-order valence-electron chi connectivity index (χ3n) is 2.13. The second-order valence-corrected chi connectivity index (χ2v) is 4.25. The van der Waals surface area contributed by atoms with E-state index in [0.29, 0.717) is 0 Å². The number of aryl methyl sites for hydroxylation is 1. The minimum absolute atomic E-state index is 0.913. The van der Waals surface area contributed by atoms with Gasteiger partial charge in [-0.15, -0.1) is 0 Å². The predicted octanol–water partition coefficient (Wildman–Crippen LogP) is 0.655. The molecule has 1 aromatic heterocycles. The zero-order valence-corrected chi connectivity index (χ0v) is 9.05. The molecule has 0 saturated heterocycles. The molecule has 0 aliphatic carbocycles. The van der Waals surface area contributed by atoms with Crippen LogP contribution in [-0.2, 0) is 13.5 Å². The quantitative estimate of drug-likeness (QED) is 0.796. The van der Waals surface area contributed by atoms with Crippen LogP contribution in [0.1, 0.15) is 5.82 Å². The fourth-order valence-electron chi connectivity index (χ4n) is 1.36. The molecule has 1 aromatic rings. The Morgan fingerprint density at radius 2 is 2.57 bits per heavy atom. The minimum atomic E-state index is 0.913. The molecule has 0 saturated carbocycles. The first kappa shape index (κ1) is 9.58. The molecule has 0 radical (unpaired) electrons. The summed E-state index contributed by atoms with van der Waals surface area (Å²) in [6.45, 7) is 1.87. The highest BCUT2D eigenvalue weighted by Crippen LogP contribution is 2.08. The summed E-state index contributed by atoms with van der Waals surface area (Å²) in [5, 5.41) is 4.39. The van der Waals surface area contributed by atoms with Gasteiger partial charge in [0.15, 0.2) is 5.17 Å². The third kappa shape index (κ3) is 2.29. The summed E-state index contributed by atoms with van der Waals surface area (Å²) in [4.78, 5) is 8.57. The van der Waals surface area contributed by atoms with Crippen LogP contribution in [0.25, 0.3) is 0 Å². The van der Waals surface area contributed by atoms with Crippen LogP contribution in [0.4, 0.5) is 0 Å². The minimum Gasteiger partial charge on any atom is -0.364 e. The topological polar surface area (TPSA) is 42.2 Å². The average Bonchev–Trinajstić information content (AvgIpc) is 2.78. The van der Waals surface area contributed by atoms with E-state index in [0.717, 1.165) is 36.3 Å². The molecule has 0 atom stereocenters. The van der Waals surface area contributed by atoms with Gasteiger partial charge in [-0.05, 0) is 0 Å². The summed E-state index contributed by atoms with van der Waals surface area (Å²) >= 11 is 1.80. The number of amidine groups is 1. The van der Waals surface area contributed by atoms with Gasteiger partial charge >= 0.3 is 0 Å². The van der Waals surface area contributed by atoms with Crippen molar-refractivity contribution in [3.8, 4) is 0 Å². The van der Waals surface area contributed by atoms with E-state index >= 15 is 0 Å². The molecule has 0 bridgehead atoms. The van der Waals surface area contributed by atoms with Crippen LogP contribution in [0.2, 0.25) is 0 Å². The molecule has 0 aromatic carbocycles. The maximum absolute atomic E-state index is 4.32. The van der Waals surface area contributed by atoms with Crippen LogP contribution >= 0.6 is 11.8 Å². The van der Waals surface area contributed by atoms with Crippen molar-refractivity contribution in [2.24, 2.45) is 12.0 Å². The van der Waals surface area contributed by atoms with E-state index in [1.165, 1.54) is 0 Å². The van der Waals surface area contributed by atoms with Crippen LogP contribution in [0.5, 0.6) is 0 Å². The number of aliphatic imine (C=N–C) groups is 1. The van der Waals surface area contributed by atoms with Crippen molar-refractivity contribution in [1.29, 1.82) is 0 Å². The van der Waals surface area contributed by atoms with Crippen molar-refractivity contribution in [1.82, 2.24) is 14.9 Å². The Hall–Kier alpha value is -0.970. The second-order valence-electron chi connectivity index (χ2n) is 3.17. The molecule has 1 N–H and O–H groups in total. The molecule has 2 rings (SSSR count). The smallest absolute Gasteiger partial charge is 0.156 e. The molecule has 0 fully saturated rings. The first-order valence-corrected chi connectivity index (χ1v) is 5.72. The molecule has 1 aliphatic rings. The zero-order chi connectivity index (χ0) is 9.80. The monoisotopic (exact) mass is 210 g/mol. The van der Waals surface area contributed by atoms with E-state index in [1.54, 1.807) is 11.8 Å². The number of aromatic nitrogens is 2. The van der Waals surface area contributed by atoms with Gasteiger partial charge in [0.1, 0.15) is 5.82 Å². The predicted molar refractivity (Wildman–Crippen MR) is 59.7 cm³/mol. The number of nitrogens with zero attached hydrogens (tertiary/aromatic N) is 3. The van der Waals surface area contributed by atoms with E-state index in [4.69, 9.17) is 0 Å². The number of thioether (sulfide) groups is 1. The van der Waals surface area contributed by atoms with E-state index in [2.05, 4.69) is 15.3 Å². The third-order valence-corrected chi connectivity index (χ3v) is 3.06. The summed E-state index contributed by atoms with van der Waals surface area (Å²) in [6, 6.07) is 0. The van der Waals surface area contributed by atoms with E-state index in [-0.39, 0.29) is 0 Å². The SMILES string of the molecule is Cn1ccnc1CCNC1=NCCS1.